The number of benzene rings is 1. The fourth-order valence-electron chi connectivity index (χ4n) is 1.30. The summed E-state index contributed by atoms with van der Waals surface area (Å²) in [4.78, 5) is 0. The fraction of sp³-hybridized carbons (Fsp3) is 0.385. The lowest BCUT2D eigenvalue weighted by molar-refractivity contribution is 0.623. The van der Waals surface area contributed by atoms with E-state index in [1.54, 1.807) is 6.07 Å². The van der Waals surface area contributed by atoms with E-state index in [-0.39, 0.29) is 5.02 Å². The Morgan fingerprint density at radius 1 is 1.29 bits per heavy atom. The Balaban J connectivity index is 3.32. The van der Waals surface area contributed by atoms with Crippen LogP contribution in [-0.4, -0.2) is 8.07 Å². The summed E-state index contributed by atoms with van der Waals surface area (Å²) in [6, 6.07) is 1.56. The van der Waals surface area contributed by atoms with Crippen molar-refractivity contribution >= 4 is 31.3 Å². The Morgan fingerprint density at radius 2 is 1.88 bits per heavy atom. The van der Waals surface area contributed by atoms with Gasteiger partial charge in [0.2, 0.25) is 0 Å². The van der Waals surface area contributed by atoms with E-state index in [4.69, 9.17) is 23.2 Å². The van der Waals surface area contributed by atoms with E-state index in [2.05, 4.69) is 31.1 Å². The van der Waals surface area contributed by atoms with Crippen LogP contribution in [0.2, 0.25) is 29.7 Å². The summed E-state index contributed by atoms with van der Waals surface area (Å²) in [5.74, 6) is 2.39. The molecule has 17 heavy (non-hydrogen) atoms. The van der Waals surface area contributed by atoms with Crippen LogP contribution < -0.4 is 0 Å². The molecule has 0 aromatic heterocycles. The number of hydrogen-bond acceptors (Lipinski definition) is 0. The molecule has 0 heterocycles. The van der Waals surface area contributed by atoms with Gasteiger partial charge in [0, 0.05) is 5.02 Å². The average Bonchev–Trinajstić information content (AvgIpc) is 2.21. The van der Waals surface area contributed by atoms with Crippen LogP contribution in [0.25, 0.3) is 0 Å². The minimum absolute atomic E-state index is 0.0971. The predicted molar refractivity (Wildman–Crippen MR) is 76.0 cm³/mol. The molecule has 0 spiro atoms. The third kappa shape index (κ3) is 3.74. The van der Waals surface area contributed by atoms with Gasteiger partial charge in [-0.2, -0.15) is 0 Å². The van der Waals surface area contributed by atoms with Crippen LogP contribution in [0.4, 0.5) is 4.39 Å². The molecule has 0 atom stereocenters. The van der Waals surface area contributed by atoms with Crippen molar-refractivity contribution in [3.63, 3.8) is 0 Å². The van der Waals surface area contributed by atoms with E-state index in [0.717, 1.165) is 0 Å². The SMILES string of the molecule is CCc1c(Cl)cc(C#C[Si](C)(C)C)c(F)c1Cl. The lowest BCUT2D eigenvalue weighted by atomic mass is 10.1. The van der Waals surface area contributed by atoms with Gasteiger partial charge in [0.25, 0.3) is 0 Å². The highest BCUT2D eigenvalue weighted by atomic mass is 35.5. The zero-order valence-electron chi connectivity index (χ0n) is 10.4. The molecule has 0 saturated heterocycles. The van der Waals surface area contributed by atoms with E-state index in [1.165, 1.54) is 0 Å². The van der Waals surface area contributed by atoms with Gasteiger partial charge in [-0.3, -0.25) is 0 Å². The van der Waals surface area contributed by atoms with Gasteiger partial charge in [-0.1, -0.05) is 55.7 Å². The molecule has 0 N–H and O–H groups in total. The smallest absolute Gasteiger partial charge is 0.157 e. The summed E-state index contributed by atoms with van der Waals surface area (Å²) in [5, 5.41) is 0.582. The summed E-state index contributed by atoms with van der Waals surface area (Å²) >= 11 is 12.0. The first-order valence-electron chi connectivity index (χ1n) is 5.45. The lowest BCUT2D eigenvalue weighted by Crippen LogP contribution is -2.16. The first-order valence-corrected chi connectivity index (χ1v) is 9.71. The van der Waals surface area contributed by atoms with Crippen molar-refractivity contribution in [2.75, 3.05) is 0 Å². The van der Waals surface area contributed by atoms with Crippen LogP contribution in [0, 0.1) is 17.3 Å². The second-order valence-electron chi connectivity index (χ2n) is 4.87. The maximum absolute atomic E-state index is 13.9. The Bertz CT molecular complexity index is 493. The molecule has 1 rings (SSSR count). The van der Waals surface area contributed by atoms with E-state index in [9.17, 15) is 4.39 Å². The molecule has 0 aliphatic carbocycles. The summed E-state index contributed by atoms with van der Waals surface area (Å²) in [5.41, 5.74) is 4.04. The van der Waals surface area contributed by atoms with Gasteiger partial charge in [-0.15, -0.1) is 5.54 Å². The standard InChI is InChI=1S/C13H15Cl2FSi/c1-5-10-11(14)8-9(13(16)12(10)15)6-7-17(2,3)4/h8H,5H2,1-4H3. The summed E-state index contributed by atoms with van der Waals surface area (Å²) < 4.78 is 13.9. The quantitative estimate of drug-likeness (QED) is 0.391. The predicted octanol–water partition coefficient (Wildman–Crippen LogP) is 4.92. The minimum Gasteiger partial charge on any atom is -0.204 e. The molecular weight excluding hydrogens is 274 g/mol. The Morgan fingerprint density at radius 3 is 2.35 bits per heavy atom. The molecule has 0 aliphatic rings. The molecule has 0 aliphatic heterocycles. The van der Waals surface area contributed by atoms with Gasteiger partial charge in [0.15, 0.2) is 5.82 Å². The Hall–Kier alpha value is -0.493. The Kier molecular flexibility index (Phi) is 4.66. The molecule has 1 aromatic carbocycles. The molecule has 0 bridgehead atoms. The second kappa shape index (κ2) is 5.43. The van der Waals surface area contributed by atoms with Crippen molar-refractivity contribution in [1.82, 2.24) is 0 Å². The average molecular weight is 289 g/mol. The molecule has 0 amide bonds. The van der Waals surface area contributed by atoms with Crippen LogP contribution in [0.15, 0.2) is 6.07 Å². The van der Waals surface area contributed by atoms with Crippen molar-refractivity contribution in [3.05, 3.63) is 33.1 Å². The minimum atomic E-state index is -1.53. The van der Waals surface area contributed by atoms with Gasteiger partial charge in [0.05, 0.1) is 10.6 Å². The summed E-state index contributed by atoms with van der Waals surface area (Å²) in [7, 11) is -1.53. The molecule has 0 fully saturated rings. The van der Waals surface area contributed by atoms with Crippen molar-refractivity contribution < 1.29 is 4.39 Å². The van der Waals surface area contributed by atoms with Gasteiger partial charge in [-0.05, 0) is 18.1 Å². The van der Waals surface area contributed by atoms with E-state index < -0.39 is 13.9 Å². The molecular formula is C13H15Cl2FSi. The molecule has 4 heteroatoms. The van der Waals surface area contributed by atoms with Crippen molar-refractivity contribution in [3.8, 4) is 11.5 Å². The molecule has 0 saturated carbocycles. The highest BCUT2D eigenvalue weighted by Crippen LogP contribution is 2.30. The first kappa shape index (κ1) is 14.6. The summed E-state index contributed by atoms with van der Waals surface area (Å²) in [6.07, 6.45) is 0.607. The van der Waals surface area contributed by atoms with E-state index in [1.807, 2.05) is 6.92 Å². The summed E-state index contributed by atoms with van der Waals surface area (Å²) in [6.45, 7) is 8.19. The van der Waals surface area contributed by atoms with E-state index >= 15 is 0 Å². The maximum atomic E-state index is 13.9. The fourth-order valence-corrected chi connectivity index (χ4v) is 2.54. The van der Waals surface area contributed by atoms with Crippen LogP contribution in [0.5, 0.6) is 0 Å². The normalized spacial score (nSPS) is 11.0. The first-order chi connectivity index (χ1) is 7.76. The largest absolute Gasteiger partial charge is 0.204 e. The highest BCUT2D eigenvalue weighted by molar-refractivity contribution is 6.83. The van der Waals surface area contributed by atoms with Crippen molar-refractivity contribution in [2.24, 2.45) is 0 Å². The number of rotatable bonds is 1. The lowest BCUT2D eigenvalue weighted by Gasteiger charge is -2.08. The van der Waals surface area contributed by atoms with Gasteiger partial charge < -0.3 is 0 Å². The zero-order valence-corrected chi connectivity index (χ0v) is 12.9. The van der Waals surface area contributed by atoms with Crippen molar-refractivity contribution in [2.45, 2.75) is 33.0 Å². The third-order valence-corrected chi connectivity index (χ3v) is 3.79. The maximum Gasteiger partial charge on any atom is 0.157 e. The van der Waals surface area contributed by atoms with Crippen LogP contribution in [0.3, 0.4) is 0 Å². The molecule has 92 valence electrons. The van der Waals surface area contributed by atoms with Crippen molar-refractivity contribution in [1.29, 1.82) is 0 Å². The zero-order chi connectivity index (χ0) is 13.2. The van der Waals surface area contributed by atoms with Gasteiger partial charge >= 0.3 is 0 Å². The monoisotopic (exact) mass is 288 g/mol. The molecule has 1 aromatic rings. The second-order valence-corrected chi connectivity index (χ2v) is 10.4. The van der Waals surface area contributed by atoms with Crippen LogP contribution in [0.1, 0.15) is 18.1 Å². The Labute approximate surface area is 113 Å². The van der Waals surface area contributed by atoms with Crippen LogP contribution >= 0.6 is 23.2 Å². The molecule has 0 nitrogen and oxygen atoms in total. The van der Waals surface area contributed by atoms with Crippen LogP contribution in [-0.2, 0) is 6.42 Å². The van der Waals surface area contributed by atoms with Gasteiger partial charge in [0.1, 0.15) is 8.07 Å². The van der Waals surface area contributed by atoms with Gasteiger partial charge in [-0.25, -0.2) is 4.39 Å². The topological polar surface area (TPSA) is 0 Å². The number of halogens is 3. The molecule has 0 unspecified atom stereocenters. The molecule has 0 radical (unpaired) electrons. The third-order valence-electron chi connectivity index (χ3n) is 2.18. The highest BCUT2D eigenvalue weighted by Gasteiger charge is 2.14. The number of hydrogen-bond donors (Lipinski definition) is 0. The van der Waals surface area contributed by atoms with E-state index in [0.29, 0.717) is 22.6 Å².